The molecule has 0 saturated heterocycles. The van der Waals surface area contributed by atoms with Gasteiger partial charge in [-0.25, -0.2) is 4.98 Å². The van der Waals surface area contributed by atoms with Crippen molar-refractivity contribution in [2.45, 2.75) is 37.8 Å². The molecule has 2 aliphatic rings. The first-order chi connectivity index (χ1) is 12.6. The van der Waals surface area contributed by atoms with Gasteiger partial charge in [-0.15, -0.1) is 22.7 Å². The smallest absolute Gasteiger partial charge is 0.317 e. The number of nitrogens with zero attached hydrogens (tertiary/aromatic N) is 2. The first kappa shape index (κ1) is 17.6. The number of aromatic nitrogens is 1. The Morgan fingerprint density at radius 2 is 2.12 bits per heavy atom. The Morgan fingerprint density at radius 1 is 1.31 bits per heavy atom. The summed E-state index contributed by atoms with van der Waals surface area (Å²) in [5.74, 6) is -0.255. The topological polar surface area (TPSA) is 82.5 Å². The maximum atomic E-state index is 12.4. The quantitative estimate of drug-likeness (QED) is 0.723. The van der Waals surface area contributed by atoms with E-state index in [1.807, 2.05) is 17.5 Å². The standard InChI is InChI=1S/C18H21N3O3S2/c22-16(23)9-21(8-11-3-4-11)13-6-12(7-13)19-17(24)14-10-26-18(20-14)15-2-1-5-25-15/h1-2,5,10-13H,3-4,6-9H2,(H,19,24)(H,22,23). The Hall–Kier alpha value is -1.77. The lowest BCUT2D eigenvalue weighted by Gasteiger charge is -2.42. The summed E-state index contributed by atoms with van der Waals surface area (Å²) in [6.45, 7) is 0.964. The molecule has 0 radical (unpaired) electrons. The number of carbonyl (C=O) groups is 2. The van der Waals surface area contributed by atoms with Crippen LogP contribution in [0.1, 0.15) is 36.2 Å². The third kappa shape index (κ3) is 4.13. The fourth-order valence-corrected chi connectivity index (χ4v) is 4.92. The van der Waals surface area contributed by atoms with Gasteiger partial charge in [-0.1, -0.05) is 6.07 Å². The molecule has 1 amide bonds. The van der Waals surface area contributed by atoms with E-state index in [2.05, 4.69) is 15.2 Å². The fourth-order valence-electron chi connectivity index (χ4n) is 3.30. The van der Waals surface area contributed by atoms with Crippen LogP contribution in [0.4, 0.5) is 0 Å². The van der Waals surface area contributed by atoms with Crippen molar-refractivity contribution in [2.75, 3.05) is 13.1 Å². The minimum atomic E-state index is -0.776. The van der Waals surface area contributed by atoms with Crippen molar-refractivity contribution in [2.24, 2.45) is 5.92 Å². The molecule has 26 heavy (non-hydrogen) atoms. The van der Waals surface area contributed by atoms with Gasteiger partial charge in [0.15, 0.2) is 0 Å². The molecule has 0 spiro atoms. The molecule has 2 N–H and O–H groups in total. The average Bonchev–Trinajstić information content (AvgIpc) is 3.03. The number of thiazole rings is 1. The second kappa shape index (κ2) is 7.46. The summed E-state index contributed by atoms with van der Waals surface area (Å²) in [7, 11) is 0. The second-order valence-electron chi connectivity index (χ2n) is 7.08. The van der Waals surface area contributed by atoms with E-state index in [4.69, 9.17) is 5.11 Å². The van der Waals surface area contributed by atoms with Crippen molar-refractivity contribution in [1.29, 1.82) is 0 Å². The number of aliphatic carboxylic acids is 1. The van der Waals surface area contributed by atoms with Crippen molar-refractivity contribution in [3.8, 4) is 9.88 Å². The number of carboxylic acids is 1. The maximum absolute atomic E-state index is 12.4. The number of amides is 1. The van der Waals surface area contributed by atoms with Crippen LogP contribution in [0, 0.1) is 5.92 Å². The van der Waals surface area contributed by atoms with Gasteiger partial charge in [0.1, 0.15) is 10.7 Å². The van der Waals surface area contributed by atoms with Gasteiger partial charge < -0.3 is 10.4 Å². The molecule has 0 aliphatic heterocycles. The van der Waals surface area contributed by atoms with E-state index in [-0.39, 0.29) is 24.5 Å². The SMILES string of the molecule is O=C(O)CN(CC1CC1)C1CC(NC(=O)c2csc(-c3cccs3)n2)C1. The Bertz CT molecular complexity index is 779. The lowest BCUT2D eigenvalue weighted by atomic mass is 9.85. The van der Waals surface area contributed by atoms with Gasteiger partial charge in [0.25, 0.3) is 5.91 Å². The number of hydrogen-bond acceptors (Lipinski definition) is 6. The van der Waals surface area contributed by atoms with Crippen molar-refractivity contribution < 1.29 is 14.7 Å². The van der Waals surface area contributed by atoms with Crippen molar-refractivity contribution >= 4 is 34.6 Å². The lowest BCUT2D eigenvalue weighted by molar-refractivity contribution is -0.139. The van der Waals surface area contributed by atoms with Gasteiger partial charge in [0.05, 0.1) is 11.4 Å². The largest absolute Gasteiger partial charge is 0.480 e. The summed E-state index contributed by atoms with van der Waals surface area (Å²) in [5.41, 5.74) is 0.460. The molecule has 8 heteroatoms. The molecule has 2 aromatic heterocycles. The maximum Gasteiger partial charge on any atom is 0.317 e. The Labute approximate surface area is 159 Å². The van der Waals surface area contributed by atoms with Gasteiger partial charge in [0.2, 0.25) is 0 Å². The molecule has 138 valence electrons. The molecule has 2 saturated carbocycles. The van der Waals surface area contributed by atoms with Gasteiger partial charge in [0, 0.05) is 24.0 Å². The van der Waals surface area contributed by atoms with E-state index in [0.717, 1.165) is 29.3 Å². The predicted octanol–water partition coefficient (Wildman–Crippen LogP) is 2.93. The highest BCUT2D eigenvalue weighted by atomic mass is 32.1. The van der Waals surface area contributed by atoms with Crippen LogP contribution in [-0.4, -0.2) is 52.0 Å². The number of thiophene rings is 1. The molecular formula is C18H21N3O3S2. The lowest BCUT2D eigenvalue weighted by Crippen LogP contribution is -2.55. The predicted molar refractivity (Wildman–Crippen MR) is 102 cm³/mol. The molecule has 2 heterocycles. The molecule has 2 aliphatic carbocycles. The summed E-state index contributed by atoms with van der Waals surface area (Å²) in [6, 6.07) is 4.34. The van der Waals surface area contributed by atoms with E-state index in [1.54, 1.807) is 16.7 Å². The van der Waals surface area contributed by atoms with E-state index in [1.165, 1.54) is 24.2 Å². The van der Waals surface area contributed by atoms with Crippen LogP contribution in [0.3, 0.4) is 0 Å². The highest BCUT2D eigenvalue weighted by Gasteiger charge is 2.38. The van der Waals surface area contributed by atoms with Crippen molar-refractivity contribution in [1.82, 2.24) is 15.2 Å². The first-order valence-corrected chi connectivity index (χ1v) is 10.6. The zero-order chi connectivity index (χ0) is 18.1. The number of nitrogens with one attached hydrogen (secondary N) is 1. The van der Waals surface area contributed by atoms with Crippen molar-refractivity contribution in [3.63, 3.8) is 0 Å². The Balaban J connectivity index is 1.29. The summed E-state index contributed by atoms with van der Waals surface area (Å²) in [5, 5.41) is 16.8. The fraction of sp³-hybridized carbons (Fsp3) is 0.500. The first-order valence-electron chi connectivity index (χ1n) is 8.84. The van der Waals surface area contributed by atoms with E-state index in [9.17, 15) is 9.59 Å². The third-order valence-electron chi connectivity index (χ3n) is 4.96. The van der Waals surface area contributed by atoms with E-state index >= 15 is 0 Å². The highest BCUT2D eigenvalue weighted by molar-refractivity contribution is 7.20. The zero-order valence-corrected chi connectivity index (χ0v) is 15.9. The van der Waals surface area contributed by atoms with Crippen LogP contribution < -0.4 is 5.32 Å². The van der Waals surface area contributed by atoms with Gasteiger partial charge >= 0.3 is 5.97 Å². The minimum absolute atomic E-state index is 0.0953. The third-order valence-corrected chi connectivity index (χ3v) is 6.84. The number of carboxylic acid groups (broad SMARTS) is 1. The average molecular weight is 392 g/mol. The highest BCUT2D eigenvalue weighted by Crippen LogP contribution is 2.34. The molecule has 0 unspecified atom stereocenters. The number of carbonyl (C=O) groups excluding carboxylic acids is 1. The van der Waals surface area contributed by atoms with E-state index in [0.29, 0.717) is 11.6 Å². The summed E-state index contributed by atoms with van der Waals surface area (Å²) >= 11 is 3.09. The molecule has 0 atom stereocenters. The Morgan fingerprint density at radius 3 is 2.77 bits per heavy atom. The Kier molecular flexibility index (Phi) is 5.06. The summed E-state index contributed by atoms with van der Waals surface area (Å²) in [6.07, 6.45) is 4.04. The van der Waals surface area contributed by atoms with E-state index < -0.39 is 5.97 Å². The summed E-state index contributed by atoms with van der Waals surface area (Å²) in [4.78, 5) is 31.1. The molecular weight excluding hydrogens is 370 g/mol. The number of hydrogen-bond donors (Lipinski definition) is 2. The summed E-state index contributed by atoms with van der Waals surface area (Å²) < 4.78 is 0. The van der Waals surface area contributed by atoms with Crippen LogP contribution in [-0.2, 0) is 4.79 Å². The van der Waals surface area contributed by atoms with Gasteiger partial charge in [-0.2, -0.15) is 0 Å². The van der Waals surface area contributed by atoms with Gasteiger partial charge in [-0.05, 0) is 43.0 Å². The van der Waals surface area contributed by atoms with Crippen LogP contribution >= 0.6 is 22.7 Å². The van der Waals surface area contributed by atoms with Gasteiger partial charge in [-0.3, -0.25) is 14.5 Å². The second-order valence-corrected chi connectivity index (χ2v) is 8.88. The normalized spacial score (nSPS) is 22.2. The molecule has 6 nitrogen and oxygen atoms in total. The molecule has 4 rings (SSSR count). The minimum Gasteiger partial charge on any atom is -0.480 e. The molecule has 0 bridgehead atoms. The molecule has 2 fully saturated rings. The van der Waals surface area contributed by atoms with Crippen molar-refractivity contribution in [3.05, 3.63) is 28.6 Å². The van der Waals surface area contributed by atoms with Crippen LogP contribution in [0.5, 0.6) is 0 Å². The zero-order valence-electron chi connectivity index (χ0n) is 14.3. The molecule has 0 aromatic carbocycles. The molecule has 2 aromatic rings. The number of rotatable bonds is 8. The van der Waals surface area contributed by atoms with Crippen LogP contribution in [0.15, 0.2) is 22.9 Å². The monoisotopic (exact) mass is 391 g/mol. The van der Waals surface area contributed by atoms with Crippen LogP contribution in [0.2, 0.25) is 0 Å². The van der Waals surface area contributed by atoms with Crippen LogP contribution in [0.25, 0.3) is 9.88 Å².